The van der Waals surface area contributed by atoms with E-state index in [1.165, 1.54) is 0 Å². The summed E-state index contributed by atoms with van der Waals surface area (Å²) in [4.78, 5) is 32.4. The van der Waals surface area contributed by atoms with E-state index < -0.39 is 92.2 Å². The van der Waals surface area contributed by atoms with E-state index in [0.717, 1.165) is 0 Å². The Morgan fingerprint density at radius 1 is 0.361 bits per heavy atom. The highest BCUT2D eigenvalue weighted by atomic mass is 19.4. The first kappa shape index (κ1) is 28.1. The average molecular weight is 546 g/mol. The molecule has 3 spiro atoms. The summed E-state index contributed by atoms with van der Waals surface area (Å²) in [6, 6.07) is 0. The fraction of sp³-hybridized carbons (Fsp3) is 1.00. The van der Waals surface area contributed by atoms with Crippen molar-refractivity contribution in [3.63, 3.8) is 0 Å². The molecule has 0 aromatic heterocycles. The van der Waals surface area contributed by atoms with Gasteiger partial charge in [-0.2, -0.15) is 68.8 Å². The summed E-state index contributed by atoms with van der Waals surface area (Å²) >= 11 is 0. The van der Waals surface area contributed by atoms with Crippen LogP contribution in [0, 0.1) is 17.8 Å². The molecule has 3 aliphatic carbocycles. The molecule has 6 nitrogen and oxygen atoms in total. The Labute approximate surface area is 200 Å². The van der Waals surface area contributed by atoms with Crippen LogP contribution in [0.1, 0.15) is 77.0 Å². The second-order valence-electron chi connectivity index (χ2n) is 10.2. The zero-order valence-corrected chi connectivity index (χ0v) is 19.1. The zero-order chi connectivity index (χ0) is 26.5. The predicted molar refractivity (Wildman–Crippen MR) is 98.7 cm³/mol. The molecule has 210 valence electrons. The van der Waals surface area contributed by atoms with Crippen LogP contribution in [0.3, 0.4) is 0 Å². The summed E-state index contributed by atoms with van der Waals surface area (Å²) in [5.41, 5.74) is 0. The Balaban J connectivity index is 1.53. The van der Waals surface area contributed by atoms with E-state index in [-0.39, 0.29) is 38.5 Å². The SMILES string of the molecule is FC(F)(F)C1CCC2(CC1)OOC1(CCC(C(F)(F)F)CC1)OOC1(CCC(C(F)(F)F)CC1)OO2. The first-order valence-corrected chi connectivity index (χ1v) is 11.9. The molecule has 3 saturated carbocycles. The lowest BCUT2D eigenvalue weighted by Crippen LogP contribution is -2.47. The molecule has 0 atom stereocenters. The smallest absolute Gasteiger partial charge is 0.195 e. The standard InChI is InChI=1S/C21H27F9O6/c22-19(23,24)13-1-7-16(8-2-13)31-33-17(9-3-14(4-10-17)20(25,26)27)35-36-18(34-32-16)11-5-15(6-12-18)21(28,29)30/h13-15H,1-12H2. The zero-order valence-electron chi connectivity index (χ0n) is 19.1. The Morgan fingerprint density at radius 2 is 0.528 bits per heavy atom. The lowest BCUT2D eigenvalue weighted by molar-refractivity contribution is -0.557. The Morgan fingerprint density at radius 3 is 0.667 bits per heavy atom. The maximum absolute atomic E-state index is 13.2. The van der Waals surface area contributed by atoms with Gasteiger partial charge in [0.1, 0.15) is 0 Å². The number of halogens is 9. The molecular formula is C21H27F9O6. The van der Waals surface area contributed by atoms with Gasteiger partial charge in [0, 0.05) is 38.5 Å². The number of hydrogen-bond donors (Lipinski definition) is 0. The predicted octanol–water partition coefficient (Wildman–Crippen LogP) is 7.19. The van der Waals surface area contributed by atoms with Crippen LogP contribution < -0.4 is 0 Å². The molecule has 1 saturated heterocycles. The molecule has 4 rings (SSSR count). The topological polar surface area (TPSA) is 55.4 Å². The molecule has 0 bridgehead atoms. The lowest BCUT2D eigenvalue weighted by Gasteiger charge is -2.40. The maximum Gasteiger partial charge on any atom is 0.391 e. The van der Waals surface area contributed by atoms with Crippen molar-refractivity contribution in [2.75, 3.05) is 0 Å². The number of alkyl halides is 9. The van der Waals surface area contributed by atoms with Crippen LogP contribution in [-0.4, -0.2) is 35.9 Å². The van der Waals surface area contributed by atoms with Gasteiger partial charge in [-0.05, 0) is 38.5 Å². The Kier molecular flexibility index (Phi) is 7.59. The molecule has 0 aromatic carbocycles. The quantitative estimate of drug-likeness (QED) is 0.237. The molecule has 0 N–H and O–H groups in total. The third-order valence-corrected chi connectivity index (χ3v) is 7.67. The monoisotopic (exact) mass is 546 g/mol. The summed E-state index contributed by atoms with van der Waals surface area (Å²) < 4.78 is 119. The largest absolute Gasteiger partial charge is 0.391 e. The van der Waals surface area contributed by atoms with Gasteiger partial charge in [-0.1, -0.05) is 0 Å². The lowest BCUT2D eigenvalue weighted by atomic mass is 9.84. The van der Waals surface area contributed by atoms with E-state index in [1.807, 2.05) is 0 Å². The molecule has 0 aromatic rings. The van der Waals surface area contributed by atoms with Gasteiger partial charge < -0.3 is 0 Å². The highest BCUT2D eigenvalue weighted by Crippen LogP contribution is 2.50. The van der Waals surface area contributed by atoms with Crippen LogP contribution in [0.2, 0.25) is 0 Å². The van der Waals surface area contributed by atoms with Gasteiger partial charge in [0.05, 0.1) is 17.8 Å². The Hall–Kier alpha value is -0.870. The van der Waals surface area contributed by atoms with E-state index in [0.29, 0.717) is 0 Å². The van der Waals surface area contributed by atoms with Crippen LogP contribution in [0.5, 0.6) is 0 Å². The molecule has 4 aliphatic rings. The van der Waals surface area contributed by atoms with Crippen molar-refractivity contribution in [1.82, 2.24) is 0 Å². The third-order valence-electron chi connectivity index (χ3n) is 7.67. The molecule has 36 heavy (non-hydrogen) atoms. The van der Waals surface area contributed by atoms with Crippen LogP contribution in [0.25, 0.3) is 0 Å². The van der Waals surface area contributed by atoms with Crippen molar-refractivity contribution in [1.29, 1.82) is 0 Å². The minimum absolute atomic E-state index is 0.348. The summed E-state index contributed by atoms with van der Waals surface area (Å²) in [5, 5.41) is 0. The average Bonchev–Trinajstić information content (AvgIpc) is 2.84. The van der Waals surface area contributed by atoms with Crippen molar-refractivity contribution in [2.45, 2.75) is 113 Å². The minimum atomic E-state index is -4.46. The van der Waals surface area contributed by atoms with Gasteiger partial charge in [-0.15, -0.1) is 0 Å². The van der Waals surface area contributed by atoms with E-state index in [2.05, 4.69) is 0 Å². The van der Waals surface area contributed by atoms with Crippen LogP contribution >= 0.6 is 0 Å². The summed E-state index contributed by atoms with van der Waals surface area (Å²) in [5.74, 6) is -10.5. The van der Waals surface area contributed by atoms with Gasteiger partial charge in [-0.25, -0.2) is 0 Å². The fourth-order valence-electron chi connectivity index (χ4n) is 5.15. The summed E-state index contributed by atoms with van der Waals surface area (Å²) in [6.45, 7) is 0. The summed E-state index contributed by atoms with van der Waals surface area (Å²) in [7, 11) is 0. The highest BCUT2D eigenvalue weighted by molar-refractivity contribution is 4.87. The molecule has 1 heterocycles. The minimum Gasteiger partial charge on any atom is -0.195 e. The van der Waals surface area contributed by atoms with Crippen LogP contribution in [0.15, 0.2) is 0 Å². The van der Waals surface area contributed by atoms with E-state index in [1.54, 1.807) is 0 Å². The Bertz CT molecular complexity index is 627. The molecule has 0 unspecified atom stereocenters. The molecule has 0 amide bonds. The first-order valence-electron chi connectivity index (χ1n) is 11.9. The van der Waals surface area contributed by atoms with Crippen molar-refractivity contribution in [3.05, 3.63) is 0 Å². The van der Waals surface area contributed by atoms with Crippen molar-refractivity contribution in [3.8, 4) is 0 Å². The van der Waals surface area contributed by atoms with Crippen LogP contribution in [0.4, 0.5) is 39.5 Å². The van der Waals surface area contributed by atoms with Gasteiger partial charge in [0.2, 0.25) is 17.4 Å². The second-order valence-corrected chi connectivity index (χ2v) is 10.2. The van der Waals surface area contributed by atoms with E-state index >= 15 is 0 Å². The molecule has 0 radical (unpaired) electrons. The van der Waals surface area contributed by atoms with E-state index in [9.17, 15) is 39.5 Å². The van der Waals surface area contributed by atoms with Gasteiger partial charge in [-0.3, -0.25) is 0 Å². The fourth-order valence-corrected chi connectivity index (χ4v) is 5.15. The van der Waals surface area contributed by atoms with Crippen molar-refractivity contribution in [2.24, 2.45) is 17.8 Å². The molecular weight excluding hydrogens is 519 g/mol. The highest BCUT2D eigenvalue weighted by Gasteiger charge is 2.57. The molecule has 4 fully saturated rings. The molecule has 15 heteroatoms. The normalized spacial score (nSPS) is 41.8. The van der Waals surface area contributed by atoms with Gasteiger partial charge >= 0.3 is 18.5 Å². The number of rotatable bonds is 0. The van der Waals surface area contributed by atoms with Crippen molar-refractivity contribution < 1.29 is 68.8 Å². The third kappa shape index (κ3) is 6.22. The maximum atomic E-state index is 13.2. The van der Waals surface area contributed by atoms with Crippen molar-refractivity contribution >= 4 is 0 Å². The van der Waals surface area contributed by atoms with E-state index in [4.69, 9.17) is 29.3 Å². The molecule has 1 aliphatic heterocycles. The number of hydrogen-bond acceptors (Lipinski definition) is 6. The second kappa shape index (κ2) is 9.70. The first-order chi connectivity index (χ1) is 16.6. The van der Waals surface area contributed by atoms with Gasteiger partial charge in [0.15, 0.2) is 0 Å². The summed E-state index contributed by atoms with van der Waals surface area (Å²) in [6.07, 6.45) is -17.9. The van der Waals surface area contributed by atoms with Crippen LogP contribution in [-0.2, 0) is 29.3 Å². The van der Waals surface area contributed by atoms with Gasteiger partial charge in [0.25, 0.3) is 0 Å².